The first-order valence-corrected chi connectivity index (χ1v) is 8.56. The van der Waals surface area contributed by atoms with Crippen molar-refractivity contribution in [2.45, 2.75) is 33.7 Å². The van der Waals surface area contributed by atoms with Crippen LogP contribution in [0.1, 0.15) is 23.9 Å². The highest BCUT2D eigenvalue weighted by Gasteiger charge is 2.18. The molecule has 0 aliphatic heterocycles. The van der Waals surface area contributed by atoms with E-state index >= 15 is 0 Å². The molecule has 8 heteroatoms. The fourth-order valence-corrected chi connectivity index (χ4v) is 2.56. The van der Waals surface area contributed by atoms with E-state index in [1.165, 1.54) is 4.57 Å². The standard InChI is InChI=1S/C13H20N2O5S/c1-8(12(16)17)7-11-9(2)14-13(18)15(10(11)3)5-6-21(4,19)20/h8H,5-7H2,1-4H3,(H,16,17). The summed E-state index contributed by atoms with van der Waals surface area (Å²) in [6, 6.07) is 0. The largest absolute Gasteiger partial charge is 0.481 e. The SMILES string of the molecule is Cc1nc(=O)n(CCS(C)(=O)=O)c(C)c1CC(C)C(=O)O. The molecule has 1 rings (SSSR count). The van der Waals surface area contributed by atoms with Crippen molar-refractivity contribution in [1.29, 1.82) is 0 Å². The number of rotatable bonds is 6. The molecule has 0 aliphatic rings. The Hall–Kier alpha value is -1.70. The smallest absolute Gasteiger partial charge is 0.348 e. The van der Waals surface area contributed by atoms with Gasteiger partial charge in [-0.1, -0.05) is 6.92 Å². The van der Waals surface area contributed by atoms with Gasteiger partial charge >= 0.3 is 11.7 Å². The molecule has 1 atom stereocenters. The lowest BCUT2D eigenvalue weighted by Crippen LogP contribution is -2.31. The van der Waals surface area contributed by atoms with E-state index in [1.54, 1.807) is 20.8 Å². The van der Waals surface area contributed by atoms with Crippen molar-refractivity contribution in [2.75, 3.05) is 12.0 Å². The number of carboxylic acid groups (broad SMARTS) is 1. The molecule has 1 N–H and O–H groups in total. The summed E-state index contributed by atoms with van der Waals surface area (Å²) in [5, 5.41) is 8.99. The fourth-order valence-electron chi connectivity index (χ4n) is 2.05. The Morgan fingerprint density at radius 1 is 1.38 bits per heavy atom. The Morgan fingerprint density at radius 3 is 2.43 bits per heavy atom. The van der Waals surface area contributed by atoms with Gasteiger partial charge in [0.15, 0.2) is 0 Å². The van der Waals surface area contributed by atoms with Crippen LogP contribution < -0.4 is 5.69 Å². The molecule has 0 aliphatic carbocycles. The Labute approximate surface area is 123 Å². The van der Waals surface area contributed by atoms with Crippen molar-refractivity contribution in [1.82, 2.24) is 9.55 Å². The third-order valence-corrected chi connectivity index (χ3v) is 4.31. The maximum atomic E-state index is 11.9. The Balaban J connectivity index is 3.22. The molecule has 1 aromatic heterocycles. The number of carboxylic acids is 1. The second-order valence-corrected chi connectivity index (χ2v) is 7.53. The van der Waals surface area contributed by atoms with Gasteiger partial charge in [-0.25, -0.2) is 13.2 Å². The van der Waals surface area contributed by atoms with Gasteiger partial charge in [0.1, 0.15) is 9.84 Å². The number of hydrogen-bond donors (Lipinski definition) is 1. The zero-order chi connectivity index (χ0) is 16.4. The lowest BCUT2D eigenvalue weighted by Gasteiger charge is -2.16. The molecule has 0 amide bonds. The van der Waals surface area contributed by atoms with Gasteiger partial charge in [-0.2, -0.15) is 4.98 Å². The highest BCUT2D eigenvalue weighted by atomic mass is 32.2. The summed E-state index contributed by atoms with van der Waals surface area (Å²) in [6.45, 7) is 4.93. The van der Waals surface area contributed by atoms with E-state index in [0.717, 1.165) is 6.26 Å². The quantitative estimate of drug-likeness (QED) is 0.801. The highest BCUT2D eigenvalue weighted by Crippen LogP contribution is 2.15. The van der Waals surface area contributed by atoms with Crippen LogP contribution in [0.5, 0.6) is 0 Å². The highest BCUT2D eigenvalue weighted by molar-refractivity contribution is 7.90. The maximum Gasteiger partial charge on any atom is 0.348 e. The van der Waals surface area contributed by atoms with Crippen LogP contribution in [0, 0.1) is 19.8 Å². The molecular weight excluding hydrogens is 296 g/mol. The minimum absolute atomic E-state index is 0.0191. The normalized spacial score (nSPS) is 13.1. The molecule has 0 radical (unpaired) electrons. The first-order valence-electron chi connectivity index (χ1n) is 6.50. The average molecular weight is 316 g/mol. The second-order valence-electron chi connectivity index (χ2n) is 5.27. The molecule has 0 aromatic carbocycles. The van der Waals surface area contributed by atoms with Gasteiger partial charge in [0, 0.05) is 24.2 Å². The monoisotopic (exact) mass is 316 g/mol. The van der Waals surface area contributed by atoms with Gasteiger partial charge in [0.25, 0.3) is 0 Å². The number of hydrogen-bond acceptors (Lipinski definition) is 5. The Bertz CT molecular complexity index is 706. The van der Waals surface area contributed by atoms with Gasteiger partial charge in [-0.15, -0.1) is 0 Å². The molecule has 0 bridgehead atoms. The number of nitrogens with zero attached hydrogens (tertiary/aromatic N) is 2. The molecule has 1 unspecified atom stereocenters. The van der Waals surface area contributed by atoms with E-state index in [0.29, 0.717) is 17.0 Å². The van der Waals surface area contributed by atoms with Crippen molar-refractivity contribution in [3.63, 3.8) is 0 Å². The predicted octanol–water partition coefficient (Wildman–Crippen LogP) is 0.168. The third kappa shape index (κ3) is 4.66. The van der Waals surface area contributed by atoms with Crippen molar-refractivity contribution in [3.05, 3.63) is 27.4 Å². The van der Waals surface area contributed by atoms with E-state index < -0.39 is 27.4 Å². The van der Waals surface area contributed by atoms with E-state index in [-0.39, 0.29) is 18.7 Å². The second kappa shape index (κ2) is 6.38. The van der Waals surface area contributed by atoms with E-state index in [4.69, 9.17) is 5.11 Å². The molecule has 0 fully saturated rings. The van der Waals surface area contributed by atoms with E-state index in [9.17, 15) is 18.0 Å². The molecule has 21 heavy (non-hydrogen) atoms. The van der Waals surface area contributed by atoms with E-state index in [2.05, 4.69) is 4.98 Å². The lowest BCUT2D eigenvalue weighted by atomic mass is 9.99. The van der Waals surface area contributed by atoms with Crippen LogP contribution in [0.3, 0.4) is 0 Å². The zero-order valence-electron chi connectivity index (χ0n) is 12.6. The predicted molar refractivity (Wildman–Crippen MR) is 78.2 cm³/mol. The lowest BCUT2D eigenvalue weighted by molar-refractivity contribution is -0.141. The van der Waals surface area contributed by atoms with Gasteiger partial charge < -0.3 is 5.11 Å². The van der Waals surface area contributed by atoms with Crippen LogP contribution in [0.25, 0.3) is 0 Å². The van der Waals surface area contributed by atoms with Crippen molar-refractivity contribution in [2.24, 2.45) is 5.92 Å². The Kier molecular flexibility index (Phi) is 5.27. The average Bonchev–Trinajstić information content (AvgIpc) is 2.32. The first-order chi connectivity index (χ1) is 9.53. The minimum Gasteiger partial charge on any atom is -0.481 e. The summed E-state index contributed by atoms with van der Waals surface area (Å²) in [6.07, 6.45) is 1.35. The summed E-state index contributed by atoms with van der Waals surface area (Å²) in [5.41, 5.74) is 1.23. The molecule has 7 nitrogen and oxygen atoms in total. The van der Waals surface area contributed by atoms with Crippen molar-refractivity contribution < 1.29 is 18.3 Å². The number of carbonyl (C=O) groups is 1. The maximum absolute atomic E-state index is 11.9. The van der Waals surface area contributed by atoms with Crippen molar-refractivity contribution in [3.8, 4) is 0 Å². The molecule has 1 aromatic rings. The van der Waals surface area contributed by atoms with Gasteiger partial charge in [-0.3, -0.25) is 9.36 Å². The van der Waals surface area contributed by atoms with Gasteiger partial charge in [-0.05, 0) is 25.8 Å². The summed E-state index contributed by atoms with van der Waals surface area (Å²) in [7, 11) is -3.20. The van der Waals surface area contributed by atoms with Crippen LogP contribution in [0.4, 0.5) is 0 Å². The fraction of sp³-hybridized carbons (Fsp3) is 0.615. The number of aliphatic carboxylic acids is 1. The van der Waals surface area contributed by atoms with Crippen molar-refractivity contribution >= 4 is 15.8 Å². The zero-order valence-corrected chi connectivity index (χ0v) is 13.4. The summed E-state index contributed by atoms with van der Waals surface area (Å²) in [5.74, 6) is -1.69. The van der Waals surface area contributed by atoms with Crippen LogP contribution in [-0.4, -0.2) is 41.1 Å². The number of aromatic nitrogens is 2. The molecular formula is C13H20N2O5S. The molecule has 0 spiro atoms. The topological polar surface area (TPSA) is 106 Å². The first kappa shape index (κ1) is 17.4. The molecule has 118 valence electrons. The number of sulfone groups is 1. The third-order valence-electron chi connectivity index (χ3n) is 3.39. The summed E-state index contributed by atoms with van der Waals surface area (Å²) < 4.78 is 23.8. The summed E-state index contributed by atoms with van der Waals surface area (Å²) in [4.78, 5) is 26.7. The number of aryl methyl sites for hydroxylation is 1. The van der Waals surface area contributed by atoms with Crippen LogP contribution >= 0.6 is 0 Å². The molecule has 0 saturated carbocycles. The van der Waals surface area contributed by atoms with Crippen LogP contribution in [0.15, 0.2) is 4.79 Å². The Morgan fingerprint density at radius 2 is 1.95 bits per heavy atom. The van der Waals surface area contributed by atoms with E-state index in [1.807, 2.05) is 0 Å². The van der Waals surface area contributed by atoms with Gasteiger partial charge in [0.2, 0.25) is 0 Å². The molecule has 1 heterocycles. The van der Waals surface area contributed by atoms with Crippen LogP contribution in [0.2, 0.25) is 0 Å². The summed E-state index contributed by atoms with van der Waals surface area (Å²) >= 11 is 0. The minimum atomic E-state index is -3.20. The molecule has 0 saturated heterocycles. The van der Waals surface area contributed by atoms with Gasteiger partial charge in [0.05, 0.1) is 11.7 Å². The van der Waals surface area contributed by atoms with Crippen LogP contribution in [-0.2, 0) is 27.6 Å².